The highest BCUT2D eigenvalue weighted by Gasteiger charge is 2.33. The second-order valence-corrected chi connectivity index (χ2v) is 2.07. The van der Waals surface area contributed by atoms with Gasteiger partial charge in [-0.15, -0.1) is 0 Å². The van der Waals surface area contributed by atoms with Gasteiger partial charge in [-0.3, -0.25) is 4.79 Å². The van der Waals surface area contributed by atoms with Crippen molar-refractivity contribution in [2.45, 2.75) is 13.1 Å². The Balaban J connectivity index is 4.28. The van der Waals surface area contributed by atoms with Gasteiger partial charge in [0.2, 0.25) is 5.83 Å². The molecule has 6 heteroatoms. The largest absolute Gasteiger partial charge is 0.442 e. The second-order valence-electron chi connectivity index (χ2n) is 2.07. The molecule has 0 aliphatic carbocycles. The normalized spacial score (nSPS) is 11.6. The molecular formula is C8H6F4O2. The number of hydrogen-bond acceptors (Lipinski definition) is 2. The minimum Gasteiger partial charge on any atom is -0.426 e. The van der Waals surface area contributed by atoms with Gasteiger partial charge in [0.05, 0.1) is 0 Å². The van der Waals surface area contributed by atoms with Crippen LogP contribution in [0.4, 0.5) is 17.6 Å². The zero-order valence-corrected chi connectivity index (χ0v) is 7.06. The first-order chi connectivity index (χ1) is 6.34. The third-order valence-corrected chi connectivity index (χ3v) is 0.890. The molecule has 78 valence electrons. The fourth-order valence-electron chi connectivity index (χ4n) is 0.372. The third-order valence-electron chi connectivity index (χ3n) is 0.890. The summed E-state index contributed by atoms with van der Waals surface area (Å²) in [4.78, 5) is 10.1. The van der Waals surface area contributed by atoms with Crippen LogP contribution in [0.5, 0.6) is 0 Å². The van der Waals surface area contributed by atoms with Crippen LogP contribution in [-0.4, -0.2) is 12.1 Å². The minimum absolute atomic E-state index is 0.167. The number of esters is 1. The monoisotopic (exact) mass is 210 g/mol. The molecule has 0 aromatic rings. The zero-order valence-electron chi connectivity index (χ0n) is 7.06. The van der Waals surface area contributed by atoms with Crippen molar-refractivity contribution >= 4 is 5.97 Å². The lowest BCUT2D eigenvalue weighted by Crippen LogP contribution is -2.07. The summed E-state index contributed by atoms with van der Waals surface area (Å²) in [5.41, 5.74) is 2.01. The first kappa shape index (κ1) is 12.4. The van der Waals surface area contributed by atoms with Crippen molar-refractivity contribution in [3.63, 3.8) is 0 Å². The molecule has 2 nitrogen and oxygen atoms in total. The number of alkyl halides is 3. The van der Waals surface area contributed by atoms with Gasteiger partial charge in [-0.1, -0.05) is 5.73 Å². The highest BCUT2D eigenvalue weighted by molar-refractivity contribution is 5.66. The van der Waals surface area contributed by atoms with Crippen molar-refractivity contribution < 1.29 is 27.1 Å². The maximum absolute atomic E-state index is 12.0. The maximum Gasteiger partial charge on any atom is 0.442 e. The number of ether oxygens (including phenoxy) is 1. The van der Waals surface area contributed by atoms with E-state index >= 15 is 0 Å². The smallest absolute Gasteiger partial charge is 0.426 e. The van der Waals surface area contributed by atoms with Gasteiger partial charge in [-0.25, -0.2) is 4.39 Å². The Morgan fingerprint density at radius 3 is 2.43 bits per heavy atom. The van der Waals surface area contributed by atoms with Crippen LogP contribution in [0.3, 0.4) is 0 Å². The molecular weight excluding hydrogens is 204 g/mol. The van der Waals surface area contributed by atoms with Crippen molar-refractivity contribution in [2.24, 2.45) is 0 Å². The number of carbonyl (C=O) groups excluding carboxylic acids is 1. The van der Waals surface area contributed by atoms with Gasteiger partial charge >= 0.3 is 12.1 Å². The average Bonchev–Trinajstić information content (AvgIpc) is 2.01. The van der Waals surface area contributed by atoms with E-state index in [1.807, 2.05) is 5.73 Å². The molecule has 0 bridgehead atoms. The number of rotatable bonds is 2. The molecule has 0 heterocycles. The summed E-state index contributed by atoms with van der Waals surface area (Å²) in [7, 11) is 0. The number of allylic oxidation sites excluding steroid dienone is 3. The summed E-state index contributed by atoms with van der Waals surface area (Å²) in [5, 5.41) is 0. The number of carbonyl (C=O) groups is 1. The summed E-state index contributed by atoms with van der Waals surface area (Å²) >= 11 is 0. The van der Waals surface area contributed by atoms with Crippen LogP contribution >= 0.6 is 0 Å². The fraction of sp³-hybridized carbons (Fsp3) is 0.250. The van der Waals surface area contributed by atoms with Crippen molar-refractivity contribution in [2.75, 3.05) is 0 Å². The molecule has 0 rings (SSSR count). The zero-order chi connectivity index (χ0) is 11.2. The lowest BCUT2D eigenvalue weighted by atomic mass is 10.4. The summed E-state index contributed by atoms with van der Waals surface area (Å²) in [6, 6.07) is 0. The third kappa shape index (κ3) is 6.02. The van der Waals surface area contributed by atoms with Gasteiger partial charge in [0.25, 0.3) is 0 Å². The van der Waals surface area contributed by atoms with E-state index in [0.717, 1.165) is 13.2 Å². The van der Waals surface area contributed by atoms with E-state index in [1.165, 1.54) is 0 Å². The summed E-state index contributed by atoms with van der Waals surface area (Å²) < 4.78 is 50.7. The molecule has 0 unspecified atom stereocenters. The predicted molar refractivity (Wildman–Crippen MR) is 39.7 cm³/mol. The van der Waals surface area contributed by atoms with Crippen LogP contribution in [0.15, 0.2) is 30.0 Å². The second kappa shape index (κ2) is 5.24. The van der Waals surface area contributed by atoms with E-state index in [9.17, 15) is 22.4 Å². The fourth-order valence-corrected chi connectivity index (χ4v) is 0.372. The molecule has 0 fully saturated rings. The Labute approximate surface area is 77.2 Å². The van der Waals surface area contributed by atoms with Gasteiger partial charge in [0, 0.05) is 6.92 Å². The molecule has 14 heavy (non-hydrogen) atoms. The molecule has 0 N–H and O–H groups in total. The molecule has 0 atom stereocenters. The van der Waals surface area contributed by atoms with Gasteiger partial charge in [0.15, 0.2) is 0 Å². The van der Waals surface area contributed by atoms with Gasteiger partial charge in [0.1, 0.15) is 6.26 Å². The Kier molecular flexibility index (Phi) is 4.66. The van der Waals surface area contributed by atoms with E-state index in [-0.39, 0.29) is 6.08 Å². The molecule has 0 saturated carbocycles. The van der Waals surface area contributed by atoms with Crippen LogP contribution < -0.4 is 0 Å². The predicted octanol–water partition coefficient (Wildman–Crippen LogP) is 2.63. The van der Waals surface area contributed by atoms with Crippen LogP contribution in [0.2, 0.25) is 0 Å². The average molecular weight is 210 g/mol. The van der Waals surface area contributed by atoms with E-state index in [4.69, 9.17) is 0 Å². The molecule has 0 aliphatic heterocycles. The van der Waals surface area contributed by atoms with E-state index in [0.29, 0.717) is 6.08 Å². The first-order valence-electron chi connectivity index (χ1n) is 3.35. The van der Waals surface area contributed by atoms with Gasteiger partial charge in [-0.2, -0.15) is 13.2 Å². The van der Waals surface area contributed by atoms with Crippen molar-refractivity contribution in [3.05, 3.63) is 30.0 Å². The molecule has 0 spiro atoms. The lowest BCUT2D eigenvalue weighted by Gasteiger charge is -1.99. The van der Waals surface area contributed by atoms with Gasteiger partial charge < -0.3 is 4.74 Å². The highest BCUT2D eigenvalue weighted by atomic mass is 19.4. The van der Waals surface area contributed by atoms with E-state index < -0.39 is 18.0 Å². The summed E-state index contributed by atoms with van der Waals surface area (Å²) in [6.45, 7) is 1.10. The number of hydrogen-bond donors (Lipinski definition) is 0. The quantitative estimate of drug-likeness (QED) is 0.230. The SMILES string of the molecule is CC(=O)OC=C=CC=C(F)C(F)(F)F. The summed E-state index contributed by atoms with van der Waals surface area (Å²) in [6.07, 6.45) is -3.46. The minimum atomic E-state index is -5.00. The van der Waals surface area contributed by atoms with Crippen molar-refractivity contribution in [1.82, 2.24) is 0 Å². The number of halogens is 4. The molecule has 0 radical (unpaired) electrons. The molecule has 0 aromatic carbocycles. The highest BCUT2D eigenvalue weighted by Crippen LogP contribution is 2.25. The topological polar surface area (TPSA) is 26.3 Å². The Morgan fingerprint density at radius 1 is 1.43 bits per heavy atom. The molecule has 0 aliphatic rings. The van der Waals surface area contributed by atoms with Crippen molar-refractivity contribution in [1.29, 1.82) is 0 Å². The van der Waals surface area contributed by atoms with E-state index in [2.05, 4.69) is 4.74 Å². The Morgan fingerprint density at radius 2 is 2.00 bits per heavy atom. The lowest BCUT2D eigenvalue weighted by molar-refractivity contribution is -0.135. The van der Waals surface area contributed by atoms with Gasteiger partial charge in [-0.05, 0) is 12.2 Å². The Bertz CT molecular complexity index is 295. The first-order valence-corrected chi connectivity index (χ1v) is 3.35. The molecule has 0 amide bonds. The van der Waals surface area contributed by atoms with Crippen molar-refractivity contribution in [3.8, 4) is 0 Å². The molecule has 0 aromatic heterocycles. The standard InChI is InChI=1S/C8H6F4O2/c1-6(13)14-5-3-2-4-7(9)8(10,11)12/h2,4-5H,1H3. The van der Waals surface area contributed by atoms with Crippen LogP contribution in [0.1, 0.15) is 6.92 Å². The van der Waals surface area contributed by atoms with Crippen LogP contribution in [0.25, 0.3) is 0 Å². The van der Waals surface area contributed by atoms with E-state index in [1.54, 1.807) is 0 Å². The van der Waals surface area contributed by atoms with Crippen LogP contribution in [0, 0.1) is 0 Å². The maximum atomic E-state index is 12.0. The summed E-state index contributed by atoms with van der Waals surface area (Å²) in [5.74, 6) is -2.90. The van der Waals surface area contributed by atoms with Crippen LogP contribution in [-0.2, 0) is 9.53 Å². The molecule has 0 saturated heterocycles. The Hall–Kier alpha value is -1.55.